The van der Waals surface area contributed by atoms with Crippen molar-refractivity contribution in [3.63, 3.8) is 0 Å². The zero-order valence-electron chi connectivity index (χ0n) is 14.8. The summed E-state index contributed by atoms with van der Waals surface area (Å²) in [6, 6.07) is 2.42. The second kappa shape index (κ2) is 7.29. The number of likely N-dealkylation sites (N-methyl/N-ethyl adjacent to an activating group) is 1. The lowest BCUT2D eigenvalue weighted by atomic mass is 9.92. The summed E-state index contributed by atoms with van der Waals surface area (Å²) in [6.07, 6.45) is -3.60. The van der Waals surface area contributed by atoms with E-state index >= 15 is 0 Å². The number of rotatable bonds is 4. The van der Waals surface area contributed by atoms with Gasteiger partial charge in [-0.3, -0.25) is 0 Å². The number of nitrogen functional groups attached to an aromatic ring is 1. The van der Waals surface area contributed by atoms with Crippen LogP contribution in [0.15, 0.2) is 18.2 Å². The SMILES string of the molecule is Cc1nc(N)nc(N(C)[C@@H]2C[C@H]([C@H](O)c3ccc(F)c(F)c3)[C@@H](O)[C@H]2O)n1. The van der Waals surface area contributed by atoms with Crippen molar-refractivity contribution in [1.29, 1.82) is 0 Å². The Bertz CT molecular complexity index is 820. The maximum atomic E-state index is 13.5. The number of aliphatic hydroxyl groups excluding tert-OH is 3. The standard InChI is InChI=1S/C17H21F2N5O3/c1-7-21-16(20)23-17(22-7)24(2)12-6-9(14(26)15(12)27)13(25)8-3-4-10(18)11(19)5-8/h3-5,9,12-15,25-27H,6H2,1-2H3,(H2,20,21,22,23)/t9-,12-,13-,14-,15+/m1/s1. The Morgan fingerprint density at radius 1 is 1.15 bits per heavy atom. The first-order valence-corrected chi connectivity index (χ1v) is 8.39. The zero-order valence-corrected chi connectivity index (χ0v) is 14.8. The summed E-state index contributed by atoms with van der Waals surface area (Å²) in [5.41, 5.74) is 5.75. The minimum absolute atomic E-state index is 0.0238. The Hall–Kier alpha value is -2.43. The molecule has 0 bridgehead atoms. The van der Waals surface area contributed by atoms with Gasteiger partial charge < -0.3 is 26.0 Å². The van der Waals surface area contributed by atoms with Crippen LogP contribution in [0.2, 0.25) is 0 Å². The van der Waals surface area contributed by atoms with Crippen molar-refractivity contribution in [3.8, 4) is 0 Å². The van der Waals surface area contributed by atoms with Crippen LogP contribution in [-0.2, 0) is 0 Å². The molecule has 1 aliphatic carbocycles. The molecule has 0 amide bonds. The molecular weight excluding hydrogens is 360 g/mol. The fourth-order valence-corrected chi connectivity index (χ4v) is 3.48. The molecule has 10 heteroatoms. The summed E-state index contributed by atoms with van der Waals surface area (Å²) in [5.74, 6) is -2.27. The largest absolute Gasteiger partial charge is 0.390 e. The molecule has 1 aliphatic rings. The highest BCUT2D eigenvalue weighted by Gasteiger charge is 2.47. The maximum absolute atomic E-state index is 13.5. The molecule has 27 heavy (non-hydrogen) atoms. The Kier molecular flexibility index (Phi) is 5.22. The lowest BCUT2D eigenvalue weighted by molar-refractivity contribution is -0.0232. The lowest BCUT2D eigenvalue weighted by Gasteiger charge is -2.27. The van der Waals surface area contributed by atoms with Crippen LogP contribution >= 0.6 is 0 Å². The highest BCUT2D eigenvalue weighted by atomic mass is 19.2. The Morgan fingerprint density at radius 2 is 1.85 bits per heavy atom. The first kappa shape index (κ1) is 19.3. The van der Waals surface area contributed by atoms with E-state index in [1.54, 1.807) is 18.9 Å². The number of hydrogen-bond acceptors (Lipinski definition) is 8. The van der Waals surface area contributed by atoms with E-state index in [-0.39, 0.29) is 23.9 Å². The topological polar surface area (TPSA) is 129 Å². The summed E-state index contributed by atoms with van der Waals surface area (Å²) >= 11 is 0. The fraction of sp³-hybridized carbons (Fsp3) is 0.471. The van der Waals surface area contributed by atoms with Crippen LogP contribution in [0.4, 0.5) is 20.7 Å². The summed E-state index contributed by atoms with van der Waals surface area (Å²) in [5, 5.41) is 31.4. The number of hydrogen-bond donors (Lipinski definition) is 4. The number of aromatic nitrogens is 3. The first-order chi connectivity index (χ1) is 12.7. The number of aliphatic hydroxyl groups is 3. The van der Waals surface area contributed by atoms with Gasteiger partial charge in [0.2, 0.25) is 11.9 Å². The molecule has 1 aromatic carbocycles. The second-order valence-corrected chi connectivity index (χ2v) is 6.72. The van der Waals surface area contributed by atoms with Crippen LogP contribution in [0.1, 0.15) is 23.9 Å². The van der Waals surface area contributed by atoms with E-state index in [2.05, 4.69) is 15.0 Å². The van der Waals surface area contributed by atoms with E-state index < -0.39 is 41.9 Å². The van der Waals surface area contributed by atoms with Gasteiger partial charge >= 0.3 is 0 Å². The summed E-state index contributed by atoms with van der Waals surface area (Å²) < 4.78 is 26.6. The van der Waals surface area contributed by atoms with Crippen LogP contribution in [-0.4, -0.2) is 55.6 Å². The average molecular weight is 381 g/mol. The van der Waals surface area contributed by atoms with Gasteiger partial charge in [0.05, 0.1) is 18.2 Å². The molecule has 5 N–H and O–H groups in total. The Morgan fingerprint density at radius 3 is 2.48 bits per heavy atom. The number of anilines is 2. The van der Waals surface area contributed by atoms with Crippen molar-refractivity contribution in [2.75, 3.05) is 17.7 Å². The molecule has 146 valence electrons. The van der Waals surface area contributed by atoms with Gasteiger partial charge in [-0.25, -0.2) is 8.78 Å². The average Bonchev–Trinajstić information content (AvgIpc) is 2.90. The maximum Gasteiger partial charge on any atom is 0.230 e. The number of nitrogens with two attached hydrogens (primary N) is 1. The van der Waals surface area contributed by atoms with Crippen LogP contribution in [0.3, 0.4) is 0 Å². The molecule has 0 spiro atoms. The van der Waals surface area contributed by atoms with Gasteiger partial charge in [0.15, 0.2) is 11.6 Å². The third-order valence-electron chi connectivity index (χ3n) is 4.95. The Labute approximate surface area is 154 Å². The molecule has 1 heterocycles. The van der Waals surface area contributed by atoms with E-state index in [4.69, 9.17) is 5.73 Å². The van der Waals surface area contributed by atoms with Gasteiger partial charge in [0.25, 0.3) is 0 Å². The number of nitrogens with zero attached hydrogens (tertiary/aromatic N) is 4. The van der Waals surface area contributed by atoms with E-state index in [1.807, 2.05) is 0 Å². The van der Waals surface area contributed by atoms with Crippen molar-refractivity contribution >= 4 is 11.9 Å². The molecule has 0 aliphatic heterocycles. The molecule has 1 aromatic heterocycles. The van der Waals surface area contributed by atoms with Crippen LogP contribution < -0.4 is 10.6 Å². The highest BCUT2D eigenvalue weighted by molar-refractivity contribution is 5.36. The molecule has 0 saturated heterocycles. The first-order valence-electron chi connectivity index (χ1n) is 8.39. The van der Waals surface area contributed by atoms with E-state index in [1.165, 1.54) is 6.07 Å². The van der Waals surface area contributed by atoms with Gasteiger partial charge in [0, 0.05) is 13.0 Å². The fourth-order valence-electron chi connectivity index (χ4n) is 3.48. The van der Waals surface area contributed by atoms with Crippen molar-refractivity contribution in [1.82, 2.24) is 15.0 Å². The summed E-state index contributed by atoms with van der Waals surface area (Å²) in [4.78, 5) is 13.6. The molecular formula is C17H21F2N5O3. The molecule has 0 unspecified atom stereocenters. The van der Waals surface area contributed by atoms with Crippen molar-refractivity contribution in [2.45, 2.75) is 37.7 Å². The number of aryl methyl sites for hydroxylation is 1. The predicted octanol–water partition coefficient (Wildman–Crippen LogP) is 0.321. The molecule has 1 fully saturated rings. The van der Waals surface area contributed by atoms with Crippen LogP contribution in [0.5, 0.6) is 0 Å². The monoisotopic (exact) mass is 381 g/mol. The van der Waals surface area contributed by atoms with Crippen LogP contribution in [0.25, 0.3) is 0 Å². The van der Waals surface area contributed by atoms with Crippen LogP contribution in [0, 0.1) is 24.5 Å². The molecule has 3 rings (SSSR count). The zero-order chi connectivity index (χ0) is 19.9. The second-order valence-electron chi connectivity index (χ2n) is 6.72. The van der Waals surface area contributed by atoms with Gasteiger partial charge in [-0.05, 0) is 31.0 Å². The third-order valence-corrected chi connectivity index (χ3v) is 4.95. The van der Waals surface area contributed by atoms with Crippen molar-refractivity contribution in [3.05, 3.63) is 41.2 Å². The Balaban J connectivity index is 1.83. The van der Waals surface area contributed by atoms with Gasteiger partial charge in [-0.15, -0.1) is 0 Å². The summed E-state index contributed by atoms with van der Waals surface area (Å²) in [7, 11) is 1.63. The van der Waals surface area contributed by atoms with Gasteiger partial charge in [-0.2, -0.15) is 15.0 Å². The quantitative estimate of drug-likeness (QED) is 0.596. The predicted molar refractivity (Wildman–Crippen MR) is 92.6 cm³/mol. The minimum atomic E-state index is -1.28. The minimum Gasteiger partial charge on any atom is -0.390 e. The normalized spacial score (nSPS) is 26.2. The molecule has 1 saturated carbocycles. The smallest absolute Gasteiger partial charge is 0.230 e. The van der Waals surface area contributed by atoms with Crippen molar-refractivity contribution in [2.24, 2.45) is 5.92 Å². The number of halogens is 2. The summed E-state index contributed by atoms with van der Waals surface area (Å²) in [6.45, 7) is 1.64. The van der Waals surface area contributed by atoms with E-state index in [0.29, 0.717) is 5.82 Å². The van der Waals surface area contributed by atoms with Gasteiger partial charge in [0.1, 0.15) is 11.9 Å². The van der Waals surface area contributed by atoms with Crippen molar-refractivity contribution < 1.29 is 24.1 Å². The number of benzene rings is 1. The molecule has 0 radical (unpaired) electrons. The molecule has 2 aromatic rings. The third kappa shape index (κ3) is 3.68. The highest BCUT2D eigenvalue weighted by Crippen LogP contribution is 2.39. The molecule has 5 atom stereocenters. The van der Waals surface area contributed by atoms with E-state index in [9.17, 15) is 24.1 Å². The van der Waals surface area contributed by atoms with E-state index in [0.717, 1.165) is 12.1 Å². The lowest BCUT2D eigenvalue weighted by Crippen LogP contribution is -2.42. The van der Waals surface area contributed by atoms with Gasteiger partial charge in [-0.1, -0.05) is 6.07 Å². The molecule has 8 nitrogen and oxygen atoms in total.